The first-order chi connectivity index (χ1) is 17.5. The van der Waals surface area contributed by atoms with Crippen molar-refractivity contribution in [2.75, 3.05) is 20.2 Å². The number of fused-ring (bicyclic) bond motifs is 2. The number of hydrogen-bond donors (Lipinski definition) is 2. The maximum absolute atomic E-state index is 13.3. The molecule has 182 valence electrons. The summed E-state index contributed by atoms with van der Waals surface area (Å²) >= 11 is 0. The lowest BCUT2D eigenvalue weighted by Crippen LogP contribution is -2.28. The lowest BCUT2D eigenvalue weighted by atomic mass is 10.0. The number of benzene rings is 3. The van der Waals surface area contributed by atoms with E-state index in [2.05, 4.69) is 16.0 Å². The van der Waals surface area contributed by atoms with Crippen LogP contribution in [0.3, 0.4) is 0 Å². The van der Waals surface area contributed by atoms with Gasteiger partial charge in [-0.15, -0.1) is 0 Å². The van der Waals surface area contributed by atoms with Crippen molar-refractivity contribution in [3.05, 3.63) is 101 Å². The highest BCUT2D eigenvalue weighted by Gasteiger charge is 2.12. The van der Waals surface area contributed by atoms with E-state index >= 15 is 0 Å². The molecule has 0 aliphatic heterocycles. The van der Waals surface area contributed by atoms with Gasteiger partial charge < -0.3 is 15.0 Å². The minimum atomic E-state index is -0.0872. The van der Waals surface area contributed by atoms with Gasteiger partial charge in [-0.1, -0.05) is 36.4 Å². The van der Waals surface area contributed by atoms with E-state index in [9.17, 15) is 9.59 Å². The van der Waals surface area contributed by atoms with Crippen LogP contribution < -0.4 is 5.56 Å². The van der Waals surface area contributed by atoms with Gasteiger partial charge in [-0.3, -0.25) is 14.2 Å². The van der Waals surface area contributed by atoms with Crippen molar-refractivity contribution in [3.63, 3.8) is 0 Å². The minimum absolute atomic E-state index is 0.0537. The highest BCUT2D eigenvalue weighted by atomic mass is 16.3. The van der Waals surface area contributed by atoms with Crippen LogP contribution in [-0.2, 0) is 13.0 Å². The van der Waals surface area contributed by atoms with Crippen LogP contribution in [0.25, 0.3) is 32.9 Å². The van der Waals surface area contributed by atoms with Gasteiger partial charge in [0.1, 0.15) is 0 Å². The molecule has 5 rings (SSSR count). The first-order valence-corrected chi connectivity index (χ1v) is 12.1. The van der Waals surface area contributed by atoms with E-state index in [-0.39, 0.29) is 18.1 Å². The summed E-state index contributed by atoms with van der Waals surface area (Å²) in [7, 11) is 1.73. The Kier molecular flexibility index (Phi) is 6.64. The number of hydrogen-bond acceptors (Lipinski definition) is 4. The average molecular weight is 481 g/mol. The quantitative estimate of drug-likeness (QED) is 0.348. The average Bonchev–Trinajstić information content (AvgIpc) is 3.34. The van der Waals surface area contributed by atoms with E-state index < -0.39 is 0 Å². The zero-order valence-corrected chi connectivity index (χ0v) is 20.1. The van der Waals surface area contributed by atoms with E-state index in [1.165, 1.54) is 10.9 Å². The van der Waals surface area contributed by atoms with Crippen molar-refractivity contribution in [2.24, 2.45) is 0 Å². The van der Waals surface area contributed by atoms with Crippen molar-refractivity contribution in [3.8, 4) is 11.1 Å². The van der Waals surface area contributed by atoms with E-state index in [1.54, 1.807) is 35.0 Å². The van der Waals surface area contributed by atoms with Gasteiger partial charge in [-0.2, -0.15) is 0 Å². The Bertz CT molecular complexity index is 1580. The normalized spacial score (nSPS) is 11.3. The summed E-state index contributed by atoms with van der Waals surface area (Å²) < 4.78 is 1.66. The molecule has 0 saturated heterocycles. The van der Waals surface area contributed by atoms with Crippen LogP contribution in [0.2, 0.25) is 0 Å². The van der Waals surface area contributed by atoms with Crippen molar-refractivity contribution in [1.82, 2.24) is 19.4 Å². The summed E-state index contributed by atoms with van der Waals surface area (Å²) in [5.74, 6) is -0.0872. The monoisotopic (exact) mass is 480 g/mol. The Morgan fingerprint density at radius 1 is 1.03 bits per heavy atom. The summed E-state index contributed by atoms with van der Waals surface area (Å²) in [6.07, 6.45) is 4.89. The van der Waals surface area contributed by atoms with Crippen molar-refractivity contribution in [1.29, 1.82) is 0 Å². The predicted octanol–water partition coefficient (Wildman–Crippen LogP) is 4.24. The summed E-state index contributed by atoms with van der Waals surface area (Å²) in [5.41, 5.74) is 5.24. The second kappa shape index (κ2) is 10.2. The van der Waals surface area contributed by atoms with Crippen LogP contribution in [0.4, 0.5) is 0 Å². The van der Waals surface area contributed by atoms with Gasteiger partial charge in [0.05, 0.1) is 17.2 Å². The van der Waals surface area contributed by atoms with E-state index in [4.69, 9.17) is 5.11 Å². The molecule has 0 fully saturated rings. The lowest BCUT2D eigenvalue weighted by molar-refractivity contribution is 0.0786. The molecular formula is C29H28N4O3. The van der Waals surface area contributed by atoms with Crippen LogP contribution in [0.1, 0.15) is 22.3 Å². The maximum Gasteiger partial charge on any atom is 0.261 e. The Labute approximate surface area is 208 Å². The minimum Gasteiger partial charge on any atom is -0.396 e. The first-order valence-electron chi connectivity index (χ1n) is 12.1. The molecule has 0 bridgehead atoms. The lowest BCUT2D eigenvalue weighted by Gasteiger charge is -2.16. The van der Waals surface area contributed by atoms with Crippen molar-refractivity contribution < 1.29 is 9.90 Å². The number of aliphatic hydroxyl groups is 1. The molecule has 3 aromatic carbocycles. The van der Waals surface area contributed by atoms with Crippen LogP contribution in [0.5, 0.6) is 0 Å². The van der Waals surface area contributed by atoms with E-state index in [0.717, 1.165) is 23.1 Å². The third kappa shape index (κ3) is 4.65. The molecule has 0 aliphatic carbocycles. The number of amides is 1. The standard InChI is InChI=1S/C29H28N4O3/c1-32(14-4-16-34)28(35)21-9-7-20(8-10-21)22-11-12-27-25(17-22)29(36)33(19-31-27)15-13-23-18-30-26-6-3-2-5-24(23)26/h2-3,5-12,17-19,30,34H,4,13-16H2,1H3. The number of carbonyl (C=O) groups excluding carboxylic acids is 1. The molecule has 5 aromatic rings. The summed E-state index contributed by atoms with van der Waals surface area (Å²) in [5, 5.41) is 10.7. The summed E-state index contributed by atoms with van der Waals surface area (Å²) in [6, 6.07) is 21.2. The van der Waals surface area contributed by atoms with Gasteiger partial charge in [0.2, 0.25) is 0 Å². The molecule has 7 nitrogen and oxygen atoms in total. The Morgan fingerprint density at radius 3 is 2.61 bits per heavy atom. The maximum atomic E-state index is 13.3. The molecule has 2 N–H and O–H groups in total. The van der Waals surface area contributed by atoms with Crippen LogP contribution in [0.15, 0.2) is 84.0 Å². The van der Waals surface area contributed by atoms with Gasteiger partial charge >= 0.3 is 0 Å². The Balaban J connectivity index is 1.37. The Hall–Kier alpha value is -4.23. The fourth-order valence-corrected chi connectivity index (χ4v) is 4.51. The molecule has 1 amide bonds. The van der Waals surface area contributed by atoms with Crippen molar-refractivity contribution >= 4 is 27.7 Å². The second-order valence-electron chi connectivity index (χ2n) is 8.97. The smallest absolute Gasteiger partial charge is 0.261 e. The Morgan fingerprint density at radius 2 is 1.81 bits per heavy atom. The van der Waals surface area contributed by atoms with Crippen LogP contribution in [0, 0.1) is 0 Å². The van der Waals surface area contributed by atoms with Gasteiger partial charge in [0, 0.05) is 49.4 Å². The highest BCUT2D eigenvalue weighted by Crippen LogP contribution is 2.23. The topological polar surface area (TPSA) is 91.2 Å². The molecule has 0 saturated carbocycles. The number of aliphatic hydroxyl groups excluding tert-OH is 1. The third-order valence-electron chi connectivity index (χ3n) is 6.58. The number of carbonyl (C=O) groups is 1. The van der Waals surface area contributed by atoms with Gasteiger partial charge in [-0.05, 0) is 59.9 Å². The number of aryl methyl sites for hydroxylation is 2. The number of para-hydroxylation sites is 1. The zero-order valence-electron chi connectivity index (χ0n) is 20.1. The fraction of sp³-hybridized carbons (Fsp3) is 0.207. The van der Waals surface area contributed by atoms with Gasteiger partial charge in [0.15, 0.2) is 0 Å². The van der Waals surface area contributed by atoms with Gasteiger partial charge in [0.25, 0.3) is 11.5 Å². The molecule has 2 aromatic heterocycles. The number of nitrogens with zero attached hydrogens (tertiary/aromatic N) is 3. The van der Waals surface area contributed by atoms with Crippen LogP contribution >= 0.6 is 0 Å². The largest absolute Gasteiger partial charge is 0.396 e. The number of nitrogens with one attached hydrogen (secondary N) is 1. The molecule has 7 heteroatoms. The highest BCUT2D eigenvalue weighted by molar-refractivity contribution is 5.94. The van der Waals surface area contributed by atoms with Crippen molar-refractivity contribution in [2.45, 2.75) is 19.4 Å². The van der Waals surface area contributed by atoms with Gasteiger partial charge in [-0.25, -0.2) is 4.98 Å². The SMILES string of the molecule is CN(CCCO)C(=O)c1ccc(-c2ccc3ncn(CCc4c[nH]c5ccccc45)c(=O)c3c2)cc1. The first kappa shape index (κ1) is 23.5. The molecule has 0 radical (unpaired) electrons. The molecular weight excluding hydrogens is 452 g/mol. The number of aromatic nitrogens is 3. The van der Waals surface area contributed by atoms with Crippen LogP contribution in [-0.4, -0.2) is 50.6 Å². The number of H-pyrrole nitrogens is 1. The molecule has 0 atom stereocenters. The number of aromatic amines is 1. The predicted molar refractivity (Wildman–Crippen MR) is 142 cm³/mol. The molecule has 0 unspecified atom stereocenters. The molecule has 0 spiro atoms. The molecule has 2 heterocycles. The number of rotatable bonds is 8. The summed E-state index contributed by atoms with van der Waals surface area (Å²) in [4.78, 5) is 35.2. The second-order valence-corrected chi connectivity index (χ2v) is 8.97. The zero-order chi connectivity index (χ0) is 25.1. The molecule has 36 heavy (non-hydrogen) atoms. The van der Waals surface area contributed by atoms with E-state index in [0.29, 0.717) is 36.0 Å². The molecule has 0 aliphatic rings. The third-order valence-corrected chi connectivity index (χ3v) is 6.58. The summed E-state index contributed by atoms with van der Waals surface area (Å²) in [6.45, 7) is 1.09. The fourth-order valence-electron chi connectivity index (χ4n) is 4.51. The van der Waals surface area contributed by atoms with E-state index in [1.807, 2.05) is 54.7 Å².